The van der Waals surface area contributed by atoms with E-state index in [0.717, 1.165) is 13.2 Å². The lowest BCUT2D eigenvalue weighted by Gasteiger charge is -2.41. The number of nitrogens with two attached hydrogens (primary N) is 1. The lowest BCUT2D eigenvalue weighted by atomic mass is 9.78. The van der Waals surface area contributed by atoms with Gasteiger partial charge in [-0.1, -0.05) is 30.3 Å². The van der Waals surface area contributed by atoms with Gasteiger partial charge in [0.05, 0.1) is 49.5 Å². The molecule has 2 aliphatic rings. The molecule has 178 valence electrons. The summed E-state index contributed by atoms with van der Waals surface area (Å²) >= 11 is 0. The summed E-state index contributed by atoms with van der Waals surface area (Å²) in [5.74, 6) is -5.86. The van der Waals surface area contributed by atoms with Crippen molar-refractivity contribution in [2.24, 2.45) is 11.7 Å². The molecule has 0 saturated carbocycles. The number of nitrogens with zero attached hydrogens (tertiary/aromatic N) is 3. The first-order valence-corrected chi connectivity index (χ1v) is 10.6. The number of allylic oxidation sites excluding steroid dienone is 2. The van der Waals surface area contributed by atoms with Crippen molar-refractivity contribution in [2.75, 3.05) is 33.4 Å². The van der Waals surface area contributed by atoms with E-state index in [1.54, 1.807) is 47.4 Å². The Labute approximate surface area is 198 Å². The van der Waals surface area contributed by atoms with E-state index in [2.05, 4.69) is 7.05 Å². The number of nitriles is 3. The molecule has 3 N–H and O–H groups in total. The molecule has 1 saturated heterocycles. The van der Waals surface area contributed by atoms with Gasteiger partial charge >= 0.3 is 5.97 Å². The second-order valence-electron chi connectivity index (χ2n) is 8.21. The number of nitrogens with one attached hydrogen (secondary N) is 1. The summed E-state index contributed by atoms with van der Waals surface area (Å²) in [6, 6.07) is 13.3. The minimum Gasteiger partial charge on any atom is -0.575 e. The Morgan fingerprint density at radius 3 is 2.15 bits per heavy atom. The summed E-state index contributed by atoms with van der Waals surface area (Å²) in [7, 11) is 2.20. The van der Waals surface area contributed by atoms with Crippen molar-refractivity contribution in [2.45, 2.75) is 25.6 Å². The Kier molecular flexibility index (Phi) is 9.03. The summed E-state index contributed by atoms with van der Waals surface area (Å²) in [6.07, 6.45) is 0. The van der Waals surface area contributed by atoms with Gasteiger partial charge < -0.3 is 30.0 Å². The van der Waals surface area contributed by atoms with Crippen molar-refractivity contribution < 1.29 is 29.0 Å². The molecule has 1 aromatic carbocycles. The summed E-state index contributed by atoms with van der Waals surface area (Å²) in [6.45, 7) is 7.06. The fraction of sp³-hybridized carbons (Fsp3) is 0.417. The Bertz CT molecular complexity index is 1050. The largest absolute Gasteiger partial charge is 0.575 e. The Morgan fingerprint density at radius 1 is 1.12 bits per heavy atom. The normalized spacial score (nSPS) is 18.9. The maximum absolute atomic E-state index is 12.5. The number of benzene rings is 1. The zero-order valence-electron chi connectivity index (χ0n) is 19.3. The van der Waals surface area contributed by atoms with Gasteiger partial charge in [0.15, 0.2) is 5.79 Å². The van der Waals surface area contributed by atoms with Crippen molar-refractivity contribution in [3.05, 3.63) is 58.7 Å². The summed E-state index contributed by atoms with van der Waals surface area (Å²) < 4.78 is 15.4. The van der Waals surface area contributed by atoms with E-state index in [0.29, 0.717) is 5.56 Å². The monoisotopic (exact) mass is 465 g/mol. The first kappa shape index (κ1) is 26.2. The molecular weight excluding hydrogens is 438 g/mol. The number of likely N-dealkylation sites (N-methyl/N-ethyl adjacent to an activating group) is 1. The lowest BCUT2D eigenvalue weighted by Crippen LogP contribution is -3.11. The number of rotatable bonds is 4. The Hall–Kier alpha value is -4.04. The predicted molar refractivity (Wildman–Crippen MR) is 116 cm³/mol. The highest BCUT2D eigenvalue weighted by Crippen LogP contribution is 2.40. The highest BCUT2D eigenvalue weighted by Gasteiger charge is 2.39. The van der Waals surface area contributed by atoms with E-state index in [1.165, 1.54) is 26.9 Å². The standard InChI is InChI=1S/C19H16N4O4.C5H11NO/c1-19(2)26-17(24)15(18(25)27-19)14(11-6-4-3-5-7-11)13(10-22)16(23)12(8-20)9-21;1-6-2-4-7-5-3-6/h3-7,13-14,24H,23H2,1-2H3;2-5H2,1H3. The molecule has 3 rings (SSSR count). The quantitative estimate of drug-likeness (QED) is 0.443. The molecule has 0 radical (unpaired) electrons. The molecule has 0 aliphatic carbocycles. The average molecular weight is 466 g/mol. The van der Waals surface area contributed by atoms with Crippen LogP contribution in [0.2, 0.25) is 0 Å². The fourth-order valence-electron chi connectivity index (χ4n) is 3.45. The van der Waals surface area contributed by atoms with Crippen LogP contribution in [0.15, 0.2) is 53.1 Å². The van der Waals surface area contributed by atoms with E-state index in [-0.39, 0.29) is 5.70 Å². The number of hydrogen-bond acceptors (Lipinski definition) is 9. The van der Waals surface area contributed by atoms with E-state index in [4.69, 9.17) is 30.5 Å². The van der Waals surface area contributed by atoms with Gasteiger partial charge in [-0.15, -0.1) is 0 Å². The SMILES string of the molecule is CC1(C)OC(=O)C(C(c2ccccc2)C(C#N)C(N)=C(C#N)C#N)=C([O-])O1.C[NH+]1CCOCC1. The van der Waals surface area contributed by atoms with Crippen LogP contribution in [0.4, 0.5) is 0 Å². The molecule has 34 heavy (non-hydrogen) atoms. The van der Waals surface area contributed by atoms with Crippen LogP contribution >= 0.6 is 0 Å². The molecule has 2 heterocycles. The van der Waals surface area contributed by atoms with Gasteiger partial charge in [0.2, 0.25) is 0 Å². The number of cyclic esters (lactones) is 1. The maximum atomic E-state index is 12.5. The Morgan fingerprint density at radius 2 is 1.71 bits per heavy atom. The molecule has 1 aromatic rings. The molecular formula is C24H27N5O5. The molecule has 1 fully saturated rings. The second-order valence-corrected chi connectivity index (χ2v) is 8.21. The van der Waals surface area contributed by atoms with Gasteiger partial charge in [-0.25, -0.2) is 4.79 Å². The molecule has 10 heteroatoms. The molecule has 0 aromatic heterocycles. The number of carbonyl (C=O) groups excluding carboxylic acids is 1. The number of quaternary nitrogens is 1. The minimum atomic E-state index is -1.45. The summed E-state index contributed by atoms with van der Waals surface area (Å²) in [4.78, 5) is 14.1. The third kappa shape index (κ3) is 6.49. The van der Waals surface area contributed by atoms with Crippen LogP contribution in [-0.4, -0.2) is 45.1 Å². The molecule has 10 nitrogen and oxygen atoms in total. The zero-order valence-corrected chi connectivity index (χ0v) is 19.3. The lowest BCUT2D eigenvalue weighted by molar-refractivity contribution is -0.888. The van der Waals surface area contributed by atoms with Crippen molar-refractivity contribution in [3.8, 4) is 18.2 Å². The minimum absolute atomic E-state index is 0.339. The van der Waals surface area contributed by atoms with Crippen LogP contribution in [0.5, 0.6) is 0 Å². The van der Waals surface area contributed by atoms with Crippen LogP contribution < -0.4 is 15.7 Å². The number of ether oxygens (including phenoxy) is 3. The van der Waals surface area contributed by atoms with E-state index in [1.807, 2.05) is 6.07 Å². The zero-order chi connectivity index (χ0) is 25.3. The van der Waals surface area contributed by atoms with Crippen molar-refractivity contribution >= 4 is 5.97 Å². The molecule has 0 bridgehead atoms. The van der Waals surface area contributed by atoms with E-state index < -0.39 is 40.7 Å². The van der Waals surface area contributed by atoms with Crippen LogP contribution in [0.3, 0.4) is 0 Å². The van der Waals surface area contributed by atoms with Crippen molar-refractivity contribution in [1.29, 1.82) is 15.8 Å². The molecule has 0 spiro atoms. The molecule has 2 unspecified atom stereocenters. The number of morpholine rings is 1. The third-order valence-corrected chi connectivity index (χ3v) is 5.25. The number of hydrogen-bond donors (Lipinski definition) is 2. The van der Waals surface area contributed by atoms with E-state index >= 15 is 0 Å². The second kappa shape index (κ2) is 11.7. The Balaban J connectivity index is 0.000000497. The van der Waals surface area contributed by atoms with Gasteiger partial charge in [0, 0.05) is 5.92 Å². The number of esters is 1. The molecule has 2 atom stereocenters. The van der Waals surface area contributed by atoms with E-state index in [9.17, 15) is 15.2 Å². The van der Waals surface area contributed by atoms with Crippen LogP contribution in [-0.2, 0) is 19.0 Å². The highest BCUT2D eigenvalue weighted by molar-refractivity contribution is 5.91. The van der Waals surface area contributed by atoms with Gasteiger partial charge in [0.1, 0.15) is 30.8 Å². The third-order valence-electron chi connectivity index (χ3n) is 5.25. The fourth-order valence-corrected chi connectivity index (χ4v) is 3.45. The van der Waals surface area contributed by atoms with Gasteiger partial charge in [0.25, 0.3) is 0 Å². The van der Waals surface area contributed by atoms with Crippen LogP contribution in [0, 0.1) is 39.9 Å². The van der Waals surface area contributed by atoms with Gasteiger partial charge in [-0.05, 0) is 19.4 Å². The maximum Gasteiger partial charge on any atom is 0.337 e. The summed E-state index contributed by atoms with van der Waals surface area (Å²) in [5.41, 5.74) is 5.05. The first-order chi connectivity index (χ1) is 16.1. The highest BCUT2D eigenvalue weighted by atomic mass is 16.8. The smallest absolute Gasteiger partial charge is 0.337 e. The van der Waals surface area contributed by atoms with Crippen LogP contribution in [0.1, 0.15) is 25.3 Å². The van der Waals surface area contributed by atoms with Gasteiger partial charge in [-0.2, -0.15) is 15.8 Å². The van der Waals surface area contributed by atoms with Crippen molar-refractivity contribution in [3.63, 3.8) is 0 Å². The predicted octanol–water partition coefficient (Wildman–Crippen LogP) is -0.417. The molecule has 0 amide bonds. The number of carbonyl (C=O) groups is 1. The average Bonchev–Trinajstić information content (AvgIpc) is 2.79. The van der Waals surface area contributed by atoms with Crippen LogP contribution in [0.25, 0.3) is 0 Å². The topological polar surface area (TPSA) is 170 Å². The molecule has 2 aliphatic heterocycles. The van der Waals surface area contributed by atoms with Gasteiger partial charge in [-0.3, -0.25) is 0 Å². The summed E-state index contributed by atoms with van der Waals surface area (Å²) in [5, 5.41) is 40.3. The van der Waals surface area contributed by atoms with Crippen molar-refractivity contribution in [1.82, 2.24) is 0 Å². The first-order valence-electron chi connectivity index (χ1n) is 10.6.